The fraction of sp³-hybridized carbons (Fsp3) is 0.188. The molecule has 0 fully saturated rings. The third-order valence-corrected chi connectivity index (χ3v) is 3.51. The molecule has 0 aromatic heterocycles. The van der Waals surface area contributed by atoms with Crippen molar-refractivity contribution in [1.82, 2.24) is 5.32 Å². The average Bonchev–Trinajstić information content (AvgIpc) is 2.93. The van der Waals surface area contributed by atoms with Crippen LogP contribution in [0.4, 0.5) is 8.78 Å². The molecule has 0 bridgehead atoms. The summed E-state index contributed by atoms with van der Waals surface area (Å²) in [5, 5.41) is 12.1. The van der Waals surface area contributed by atoms with Crippen LogP contribution < -0.4 is 14.8 Å². The number of hydrogen-bond acceptors (Lipinski definition) is 4. The Hall–Kier alpha value is -2.83. The van der Waals surface area contributed by atoms with E-state index in [0.717, 1.165) is 0 Å². The number of carbonyl (C=O) groups excluding carboxylic acids is 1. The van der Waals surface area contributed by atoms with Crippen molar-refractivity contribution >= 4 is 5.91 Å². The van der Waals surface area contributed by atoms with Crippen LogP contribution in [-0.2, 0) is 0 Å². The lowest BCUT2D eigenvalue weighted by molar-refractivity contribution is 0.0932. The van der Waals surface area contributed by atoms with Crippen molar-refractivity contribution in [3.05, 3.63) is 53.1 Å². The quantitative estimate of drug-likeness (QED) is 0.912. The van der Waals surface area contributed by atoms with Crippen LogP contribution in [0.1, 0.15) is 28.9 Å². The lowest BCUT2D eigenvalue weighted by atomic mass is 10.1. The molecule has 0 saturated heterocycles. The summed E-state index contributed by atoms with van der Waals surface area (Å²) in [6.45, 7) is 1.82. The molecule has 23 heavy (non-hydrogen) atoms. The van der Waals surface area contributed by atoms with Crippen molar-refractivity contribution in [1.29, 1.82) is 0 Å². The molecule has 2 aromatic rings. The van der Waals surface area contributed by atoms with Gasteiger partial charge in [-0.05, 0) is 24.6 Å². The van der Waals surface area contributed by atoms with Crippen LogP contribution in [0, 0.1) is 11.6 Å². The van der Waals surface area contributed by atoms with Crippen LogP contribution in [0.2, 0.25) is 0 Å². The number of aromatic hydroxyl groups is 1. The highest BCUT2D eigenvalue weighted by Gasteiger charge is 2.22. The minimum atomic E-state index is -1.13. The van der Waals surface area contributed by atoms with Gasteiger partial charge in [0.25, 0.3) is 5.91 Å². The number of phenols is 1. The first-order valence-corrected chi connectivity index (χ1v) is 6.84. The summed E-state index contributed by atoms with van der Waals surface area (Å²) in [7, 11) is 0. The molecule has 1 aliphatic heterocycles. The van der Waals surface area contributed by atoms with Crippen LogP contribution in [0.3, 0.4) is 0 Å². The molecule has 0 saturated carbocycles. The van der Waals surface area contributed by atoms with E-state index in [1.807, 2.05) is 0 Å². The second-order valence-electron chi connectivity index (χ2n) is 5.09. The average molecular weight is 321 g/mol. The number of ether oxygens (including phenoxy) is 2. The third-order valence-electron chi connectivity index (χ3n) is 3.51. The zero-order chi connectivity index (χ0) is 16.6. The van der Waals surface area contributed by atoms with E-state index in [9.17, 15) is 18.7 Å². The molecule has 3 rings (SSSR count). The van der Waals surface area contributed by atoms with Gasteiger partial charge in [-0.25, -0.2) is 8.78 Å². The minimum Gasteiger partial charge on any atom is -0.507 e. The Morgan fingerprint density at radius 2 is 1.96 bits per heavy atom. The highest BCUT2D eigenvalue weighted by atomic mass is 19.1. The molecule has 5 nitrogen and oxygen atoms in total. The maximum Gasteiger partial charge on any atom is 0.258 e. The van der Waals surface area contributed by atoms with E-state index in [1.54, 1.807) is 25.1 Å². The number of benzene rings is 2. The highest BCUT2D eigenvalue weighted by Crippen LogP contribution is 2.34. The summed E-state index contributed by atoms with van der Waals surface area (Å²) >= 11 is 0. The predicted octanol–water partition coefficient (Wildman–Crippen LogP) is 2.89. The largest absolute Gasteiger partial charge is 0.507 e. The van der Waals surface area contributed by atoms with Gasteiger partial charge in [0.15, 0.2) is 11.5 Å². The van der Waals surface area contributed by atoms with Crippen LogP contribution in [0.25, 0.3) is 0 Å². The summed E-state index contributed by atoms with van der Waals surface area (Å²) in [6, 6.07) is 5.88. The Morgan fingerprint density at radius 3 is 2.70 bits per heavy atom. The van der Waals surface area contributed by atoms with Crippen molar-refractivity contribution in [3.63, 3.8) is 0 Å². The Morgan fingerprint density at radius 1 is 1.22 bits per heavy atom. The normalized spacial score (nSPS) is 13.7. The van der Waals surface area contributed by atoms with E-state index in [4.69, 9.17) is 9.47 Å². The second-order valence-corrected chi connectivity index (χ2v) is 5.09. The molecule has 1 aliphatic rings. The lowest BCUT2D eigenvalue weighted by Gasteiger charge is -2.15. The number of nitrogens with one attached hydrogen (secondary N) is 1. The summed E-state index contributed by atoms with van der Waals surface area (Å²) in [6.07, 6.45) is 0. The third kappa shape index (κ3) is 2.90. The van der Waals surface area contributed by atoms with Gasteiger partial charge in [0.05, 0.1) is 6.04 Å². The number of carbonyl (C=O) groups is 1. The van der Waals surface area contributed by atoms with Crippen molar-refractivity contribution in [2.75, 3.05) is 6.79 Å². The molecule has 1 unspecified atom stereocenters. The predicted molar refractivity (Wildman–Crippen MR) is 76.5 cm³/mol. The molecule has 0 aliphatic carbocycles. The van der Waals surface area contributed by atoms with E-state index >= 15 is 0 Å². The van der Waals surface area contributed by atoms with E-state index in [2.05, 4.69) is 5.32 Å². The summed E-state index contributed by atoms with van der Waals surface area (Å²) in [5.74, 6) is -2.52. The van der Waals surface area contributed by atoms with Gasteiger partial charge in [-0.3, -0.25) is 4.79 Å². The molecule has 0 radical (unpaired) electrons. The van der Waals surface area contributed by atoms with Gasteiger partial charge in [0.1, 0.15) is 22.9 Å². The van der Waals surface area contributed by atoms with Gasteiger partial charge < -0.3 is 19.9 Å². The Balaban J connectivity index is 1.80. The highest BCUT2D eigenvalue weighted by molar-refractivity contribution is 5.97. The number of hydrogen-bond donors (Lipinski definition) is 2. The topological polar surface area (TPSA) is 67.8 Å². The monoisotopic (exact) mass is 321 g/mol. The fourth-order valence-electron chi connectivity index (χ4n) is 2.32. The molecule has 1 heterocycles. The summed E-state index contributed by atoms with van der Waals surface area (Å²) in [4.78, 5) is 12.1. The Bertz CT molecular complexity index is 756. The Labute approximate surface area is 130 Å². The van der Waals surface area contributed by atoms with Crippen molar-refractivity contribution in [2.45, 2.75) is 13.0 Å². The minimum absolute atomic E-state index is 0.133. The van der Waals surface area contributed by atoms with Crippen molar-refractivity contribution < 1.29 is 28.2 Å². The first-order valence-electron chi connectivity index (χ1n) is 6.84. The van der Waals surface area contributed by atoms with Crippen molar-refractivity contribution in [2.24, 2.45) is 0 Å². The number of rotatable bonds is 3. The van der Waals surface area contributed by atoms with Crippen LogP contribution in [0.15, 0.2) is 30.3 Å². The number of fused-ring (bicyclic) bond motifs is 1. The second kappa shape index (κ2) is 5.75. The smallest absolute Gasteiger partial charge is 0.258 e. The maximum atomic E-state index is 13.7. The number of halogens is 2. The molecule has 1 amide bonds. The fourth-order valence-corrected chi connectivity index (χ4v) is 2.32. The lowest BCUT2D eigenvalue weighted by Crippen LogP contribution is -2.27. The van der Waals surface area contributed by atoms with E-state index in [0.29, 0.717) is 29.2 Å². The molecule has 2 N–H and O–H groups in total. The van der Waals surface area contributed by atoms with Gasteiger partial charge >= 0.3 is 0 Å². The summed E-state index contributed by atoms with van der Waals surface area (Å²) in [5.41, 5.74) is 0.114. The molecule has 7 heteroatoms. The number of amides is 1. The van der Waals surface area contributed by atoms with Gasteiger partial charge in [0, 0.05) is 12.1 Å². The molecule has 0 spiro atoms. The van der Waals surface area contributed by atoms with Crippen LogP contribution in [-0.4, -0.2) is 17.8 Å². The molecule has 1 atom stereocenters. The van der Waals surface area contributed by atoms with Crippen LogP contribution in [0.5, 0.6) is 17.2 Å². The Kier molecular flexibility index (Phi) is 3.77. The molecular formula is C16H13F2NO4. The zero-order valence-corrected chi connectivity index (χ0v) is 12.1. The molecule has 120 valence electrons. The molecule has 2 aromatic carbocycles. The van der Waals surface area contributed by atoms with E-state index in [-0.39, 0.29) is 6.79 Å². The standard InChI is InChI=1S/C16H13F2NO4/c1-8(9-2-3-13-14(4-9)23-7-22-13)19-16(21)15-11(18)5-10(17)6-12(15)20/h2-6,8,20H,7H2,1H3,(H,19,21). The van der Waals surface area contributed by atoms with Gasteiger partial charge in [0.2, 0.25) is 6.79 Å². The number of phenolic OH excluding ortho intramolecular Hbond substituents is 1. The summed E-state index contributed by atoms with van der Waals surface area (Å²) < 4.78 is 37.1. The van der Waals surface area contributed by atoms with E-state index < -0.39 is 34.9 Å². The zero-order valence-electron chi connectivity index (χ0n) is 12.1. The SMILES string of the molecule is CC(NC(=O)c1c(O)cc(F)cc1F)c1ccc2c(c1)OCO2. The van der Waals surface area contributed by atoms with Crippen molar-refractivity contribution in [3.8, 4) is 17.2 Å². The van der Waals surface area contributed by atoms with Gasteiger partial charge in [-0.2, -0.15) is 0 Å². The first-order chi connectivity index (χ1) is 11.0. The van der Waals surface area contributed by atoms with Gasteiger partial charge in [-0.1, -0.05) is 6.07 Å². The van der Waals surface area contributed by atoms with E-state index in [1.165, 1.54) is 0 Å². The van der Waals surface area contributed by atoms with Crippen LogP contribution >= 0.6 is 0 Å². The van der Waals surface area contributed by atoms with Gasteiger partial charge in [-0.15, -0.1) is 0 Å². The first kappa shape index (κ1) is 15.1. The maximum absolute atomic E-state index is 13.7. The molecular weight excluding hydrogens is 308 g/mol.